The molecule has 0 aliphatic heterocycles. The van der Waals surface area contributed by atoms with Crippen molar-refractivity contribution in [3.8, 4) is 5.69 Å². The number of halogens is 2. The van der Waals surface area contributed by atoms with Gasteiger partial charge in [-0.15, -0.1) is 0 Å². The Balaban J connectivity index is 2.48. The van der Waals surface area contributed by atoms with Crippen LogP contribution in [0.2, 0.25) is 10.0 Å². The van der Waals surface area contributed by atoms with Crippen LogP contribution in [0.4, 0.5) is 0 Å². The van der Waals surface area contributed by atoms with Crippen molar-refractivity contribution in [2.45, 2.75) is 26.7 Å². The van der Waals surface area contributed by atoms with Crippen LogP contribution in [0.5, 0.6) is 0 Å². The lowest BCUT2D eigenvalue weighted by atomic mass is 9.99. The van der Waals surface area contributed by atoms with E-state index < -0.39 is 0 Å². The number of hydrogen-bond acceptors (Lipinski definition) is 2. The van der Waals surface area contributed by atoms with Gasteiger partial charge in [-0.05, 0) is 45.0 Å². The lowest BCUT2D eigenvalue weighted by Crippen LogP contribution is -2.15. The third kappa shape index (κ3) is 2.85. The largest absolute Gasteiger partial charge is 0.319 e. The van der Waals surface area contributed by atoms with Crippen molar-refractivity contribution in [2.24, 2.45) is 0 Å². The van der Waals surface area contributed by atoms with Crippen molar-refractivity contribution in [2.75, 3.05) is 13.6 Å². The highest BCUT2D eigenvalue weighted by Crippen LogP contribution is 2.28. The van der Waals surface area contributed by atoms with E-state index in [0.29, 0.717) is 16.0 Å². The maximum absolute atomic E-state index is 6.09. The van der Waals surface area contributed by atoms with Gasteiger partial charge in [-0.25, -0.2) is 4.68 Å². The van der Waals surface area contributed by atoms with E-state index >= 15 is 0 Å². The molecule has 2 aromatic rings. The zero-order valence-corrected chi connectivity index (χ0v) is 13.7. The molecule has 1 aromatic carbocycles. The number of aromatic nitrogens is 2. The van der Waals surface area contributed by atoms with Gasteiger partial charge in [-0.2, -0.15) is 5.10 Å². The van der Waals surface area contributed by atoms with Gasteiger partial charge in [0.1, 0.15) is 0 Å². The summed E-state index contributed by atoms with van der Waals surface area (Å²) in [6, 6.07) is 5.57. The van der Waals surface area contributed by atoms with Gasteiger partial charge in [-0.3, -0.25) is 0 Å². The monoisotopic (exact) mass is 311 g/mol. The highest BCUT2D eigenvalue weighted by Gasteiger charge is 2.18. The van der Waals surface area contributed by atoms with Gasteiger partial charge in [-0.1, -0.05) is 30.1 Å². The summed E-state index contributed by atoms with van der Waals surface area (Å²) in [6.45, 7) is 7.26. The molecule has 2 rings (SSSR count). The van der Waals surface area contributed by atoms with Crippen molar-refractivity contribution in [1.29, 1.82) is 0 Å². The molecular weight excluding hydrogens is 293 g/mol. The number of hydrogen-bond donors (Lipinski definition) is 1. The average Bonchev–Trinajstić information content (AvgIpc) is 2.68. The minimum absolute atomic E-state index is 0.413. The number of nitrogens with one attached hydrogen (secondary N) is 1. The van der Waals surface area contributed by atoms with E-state index in [0.717, 1.165) is 23.6 Å². The molecule has 1 heterocycles. The first-order valence-corrected chi connectivity index (χ1v) is 7.37. The van der Waals surface area contributed by atoms with Gasteiger partial charge in [0, 0.05) is 17.8 Å². The zero-order valence-electron chi connectivity index (χ0n) is 12.2. The number of rotatable bonds is 4. The second-order valence-electron chi connectivity index (χ2n) is 5.05. The molecule has 1 N–H and O–H groups in total. The quantitative estimate of drug-likeness (QED) is 0.920. The molecule has 0 radical (unpaired) electrons. The Kier molecular flexibility index (Phi) is 4.74. The van der Waals surface area contributed by atoms with Crippen molar-refractivity contribution in [3.05, 3.63) is 45.2 Å². The minimum atomic E-state index is 0.413. The minimum Gasteiger partial charge on any atom is -0.319 e. The maximum Gasteiger partial charge on any atom is 0.0664 e. The van der Waals surface area contributed by atoms with E-state index in [-0.39, 0.29) is 0 Å². The van der Waals surface area contributed by atoms with Gasteiger partial charge >= 0.3 is 0 Å². The van der Waals surface area contributed by atoms with Crippen molar-refractivity contribution < 1.29 is 0 Å². The summed E-state index contributed by atoms with van der Waals surface area (Å²) in [6.07, 6.45) is 0. The van der Waals surface area contributed by atoms with Crippen LogP contribution in [0.25, 0.3) is 5.69 Å². The fraction of sp³-hybridized carbons (Fsp3) is 0.400. The van der Waals surface area contributed by atoms with E-state index in [9.17, 15) is 0 Å². The Bertz CT molecular complexity index is 620. The SMILES string of the molecule is CNCC(C)c1c(C)nn(-c2ccc(Cl)c(Cl)c2)c1C. The molecule has 0 bridgehead atoms. The van der Waals surface area contributed by atoms with E-state index in [1.165, 1.54) is 5.56 Å². The maximum atomic E-state index is 6.09. The second-order valence-corrected chi connectivity index (χ2v) is 5.87. The van der Waals surface area contributed by atoms with Crippen LogP contribution < -0.4 is 5.32 Å². The third-order valence-electron chi connectivity index (χ3n) is 3.50. The normalized spacial score (nSPS) is 12.7. The summed E-state index contributed by atoms with van der Waals surface area (Å²) in [5.41, 5.74) is 4.41. The summed E-state index contributed by atoms with van der Waals surface area (Å²) < 4.78 is 1.93. The first-order chi connectivity index (χ1) is 9.45. The first-order valence-electron chi connectivity index (χ1n) is 6.61. The Morgan fingerprint density at radius 1 is 1.25 bits per heavy atom. The number of benzene rings is 1. The van der Waals surface area contributed by atoms with E-state index in [1.54, 1.807) is 6.07 Å². The van der Waals surface area contributed by atoms with Crippen molar-refractivity contribution >= 4 is 23.2 Å². The Morgan fingerprint density at radius 2 is 1.95 bits per heavy atom. The van der Waals surface area contributed by atoms with E-state index in [1.807, 2.05) is 30.8 Å². The summed E-state index contributed by atoms with van der Waals surface area (Å²) in [5.74, 6) is 0.413. The molecule has 5 heteroatoms. The Hall–Kier alpha value is -1.03. The molecule has 0 saturated carbocycles. The molecule has 1 atom stereocenters. The predicted octanol–water partition coefficient (Wildman–Crippen LogP) is 4.12. The molecule has 20 heavy (non-hydrogen) atoms. The van der Waals surface area contributed by atoms with Gasteiger partial charge in [0.05, 0.1) is 21.4 Å². The van der Waals surface area contributed by atoms with Crippen LogP contribution in [-0.4, -0.2) is 23.4 Å². The van der Waals surface area contributed by atoms with Crippen LogP contribution in [0, 0.1) is 13.8 Å². The predicted molar refractivity (Wildman–Crippen MR) is 85.4 cm³/mol. The molecule has 0 aliphatic rings. The lowest BCUT2D eigenvalue weighted by Gasteiger charge is -2.12. The molecule has 1 aromatic heterocycles. The summed E-state index contributed by atoms with van der Waals surface area (Å²) in [4.78, 5) is 0. The molecule has 1 unspecified atom stereocenters. The molecule has 0 fully saturated rings. The molecule has 0 spiro atoms. The molecule has 0 aliphatic carbocycles. The smallest absolute Gasteiger partial charge is 0.0664 e. The third-order valence-corrected chi connectivity index (χ3v) is 4.24. The fourth-order valence-corrected chi connectivity index (χ4v) is 2.94. The molecular formula is C15H19Cl2N3. The standard InChI is InChI=1S/C15H19Cl2N3/c1-9(8-18-4)15-10(2)19-20(11(15)3)12-5-6-13(16)14(17)7-12/h5-7,9,18H,8H2,1-4H3. The number of likely N-dealkylation sites (N-methyl/N-ethyl adjacent to an activating group) is 1. The van der Waals surface area contributed by atoms with Crippen molar-refractivity contribution in [3.63, 3.8) is 0 Å². The number of nitrogens with zero attached hydrogens (tertiary/aromatic N) is 2. The van der Waals surface area contributed by atoms with Gasteiger partial charge < -0.3 is 5.32 Å². The zero-order chi connectivity index (χ0) is 14.9. The topological polar surface area (TPSA) is 29.9 Å². The van der Waals surface area contributed by atoms with Crippen LogP contribution in [-0.2, 0) is 0 Å². The Labute approximate surface area is 129 Å². The first kappa shape index (κ1) is 15.4. The van der Waals surface area contributed by atoms with Gasteiger partial charge in [0.15, 0.2) is 0 Å². The summed E-state index contributed by atoms with van der Waals surface area (Å²) in [7, 11) is 1.96. The highest BCUT2D eigenvalue weighted by atomic mass is 35.5. The fourth-order valence-electron chi connectivity index (χ4n) is 2.64. The summed E-state index contributed by atoms with van der Waals surface area (Å²) >= 11 is 12.1. The number of aryl methyl sites for hydroxylation is 1. The van der Waals surface area contributed by atoms with Gasteiger partial charge in [0.25, 0.3) is 0 Å². The molecule has 3 nitrogen and oxygen atoms in total. The highest BCUT2D eigenvalue weighted by molar-refractivity contribution is 6.42. The van der Waals surface area contributed by atoms with Crippen molar-refractivity contribution in [1.82, 2.24) is 15.1 Å². The van der Waals surface area contributed by atoms with Gasteiger partial charge in [0.2, 0.25) is 0 Å². The van der Waals surface area contributed by atoms with Crippen LogP contribution >= 0.6 is 23.2 Å². The van der Waals surface area contributed by atoms with E-state index in [4.69, 9.17) is 23.2 Å². The van der Waals surface area contributed by atoms with Crippen LogP contribution in [0.1, 0.15) is 29.8 Å². The average molecular weight is 312 g/mol. The molecule has 0 saturated heterocycles. The van der Waals surface area contributed by atoms with E-state index in [2.05, 4.69) is 24.3 Å². The molecule has 0 amide bonds. The lowest BCUT2D eigenvalue weighted by molar-refractivity contribution is 0.670. The summed E-state index contributed by atoms with van der Waals surface area (Å²) in [5, 5.41) is 8.95. The van der Waals surface area contributed by atoms with Crippen LogP contribution in [0.15, 0.2) is 18.2 Å². The molecule has 108 valence electrons. The second kappa shape index (κ2) is 6.17. The van der Waals surface area contributed by atoms with Crippen LogP contribution in [0.3, 0.4) is 0 Å². The Morgan fingerprint density at radius 3 is 2.55 bits per heavy atom.